The van der Waals surface area contributed by atoms with E-state index in [1.165, 1.54) is 4.90 Å². The minimum atomic E-state index is -1.08. The minimum absolute atomic E-state index is 0.0274. The van der Waals surface area contributed by atoms with E-state index in [1.807, 2.05) is 0 Å². The largest absolute Gasteiger partial charge is 0.456 e. The molecule has 10 heteroatoms. The second kappa shape index (κ2) is 10.9. The highest BCUT2D eigenvalue weighted by Crippen LogP contribution is 2.27. The van der Waals surface area contributed by atoms with Gasteiger partial charge in [-0.15, -0.1) is 0 Å². The zero-order valence-corrected chi connectivity index (χ0v) is 22.0. The van der Waals surface area contributed by atoms with Crippen molar-refractivity contribution >= 4 is 39.7 Å². The monoisotopic (exact) mass is 540 g/mol. The zero-order valence-electron chi connectivity index (χ0n) is 20.4. The van der Waals surface area contributed by atoms with Crippen molar-refractivity contribution in [1.29, 1.82) is 0 Å². The number of esters is 1. The molecule has 0 aliphatic carbocycles. The highest BCUT2D eigenvalue weighted by molar-refractivity contribution is 9.10. The van der Waals surface area contributed by atoms with Gasteiger partial charge in [-0.1, -0.05) is 48.8 Å². The Morgan fingerprint density at radius 1 is 1.12 bits per heavy atom. The highest BCUT2D eigenvalue weighted by atomic mass is 79.9. The Kier molecular flexibility index (Phi) is 8.87. The Morgan fingerprint density at radius 3 is 2.24 bits per heavy atom. The van der Waals surface area contributed by atoms with Crippen molar-refractivity contribution < 1.29 is 33.8 Å². The summed E-state index contributed by atoms with van der Waals surface area (Å²) in [5, 5.41) is 12.8. The molecule has 1 saturated heterocycles. The van der Waals surface area contributed by atoms with Gasteiger partial charge < -0.3 is 24.8 Å². The van der Waals surface area contributed by atoms with Crippen molar-refractivity contribution in [2.24, 2.45) is 5.41 Å². The van der Waals surface area contributed by atoms with Gasteiger partial charge in [0.25, 0.3) is 0 Å². The van der Waals surface area contributed by atoms with Gasteiger partial charge in [-0.05, 0) is 38.3 Å². The molecule has 1 heterocycles. The van der Waals surface area contributed by atoms with Crippen LogP contribution in [0.5, 0.6) is 0 Å². The van der Waals surface area contributed by atoms with E-state index in [9.17, 15) is 24.3 Å². The molecule has 0 unspecified atom stereocenters. The van der Waals surface area contributed by atoms with Crippen LogP contribution < -0.4 is 5.32 Å². The maximum absolute atomic E-state index is 13.4. The third-order valence-corrected chi connectivity index (χ3v) is 5.65. The molecule has 2 amide bonds. The molecule has 0 radical (unpaired) electrons. The number of aliphatic hydroxyl groups excluding tert-OH is 1. The summed E-state index contributed by atoms with van der Waals surface area (Å²) in [5.74, 6) is -1.73. The third-order valence-electron chi connectivity index (χ3n) is 5.12. The fraction of sp³-hybridized carbons (Fsp3) is 0.583. The first-order valence-electron chi connectivity index (χ1n) is 11.0. The number of aliphatic hydroxyl groups is 1. The fourth-order valence-electron chi connectivity index (χ4n) is 3.47. The Labute approximate surface area is 208 Å². The summed E-state index contributed by atoms with van der Waals surface area (Å²) in [4.78, 5) is 52.1. The van der Waals surface area contributed by atoms with Crippen molar-refractivity contribution in [3.63, 3.8) is 0 Å². The van der Waals surface area contributed by atoms with Crippen molar-refractivity contribution in [1.82, 2.24) is 10.2 Å². The number of hydrogen-bond acceptors (Lipinski definition) is 7. The van der Waals surface area contributed by atoms with E-state index in [2.05, 4.69) is 21.2 Å². The van der Waals surface area contributed by atoms with Crippen molar-refractivity contribution in [3.8, 4) is 0 Å². The molecule has 1 fully saturated rings. The molecule has 0 saturated carbocycles. The van der Waals surface area contributed by atoms with E-state index < -0.39 is 59.6 Å². The molecule has 2 rings (SSSR count). The van der Waals surface area contributed by atoms with Gasteiger partial charge in [-0.3, -0.25) is 9.59 Å². The quantitative estimate of drug-likeness (QED) is 0.419. The number of ketones is 1. The number of alkyl carbamates (subject to hydrolysis) is 1. The average molecular weight is 541 g/mol. The molecule has 1 aromatic rings. The summed E-state index contributed by atoms with van der Waals surface area (Å²) >= 11 is 3.29. The van der Waals surface area contributed by atoms with Crippen LogP contribution in [0, 0.1) is 5.41 Å². The summed E-state index contributed by atoms with van der Waals surface area (Å²) in [6.07, 6.45) is -1.73. The normalized spacial score (nSPS) is 19.4. The highest BCUT2D eigenvalue weighted by Gasteiger charge is 2.45. The second-order valence-electron chi connectivity index (χ2n) is 10.4. The fourth-order valence-corrected chi connectivity index (χ4v) is 3.74. The molecule has 1 aliphatic heterocycles. The lowest BCUT2D eigenvalue weighted by atomic mass is 9.85. The van der Waals surface area contributed by atoms with E-state index in [-0.39, 0.29) is 13.0 Å². The standard InChI is InChI=1S/C24H33BrN2O7/c1-23(2,3)19(26-22(32)34-24(4,5)6)20(30)27-12-16(28)11-17(27)21(31)33-13-18(29)14-7-9-15(25)10-8-14/h7-10,16-17,19,28H,11-13H2,1-6H3,(H,26,32)/t16-,17+,19-/m1/s1. The number of carbonyl (C=O) groups excluding carboxylic acids is 4. The first kappa shape index (κ1) is 27.8. The van der Waals surface area contributed by atoms with Crippen LogP contribution in [0.3, 0.4) is 0 Å². The summed E-state index contributed by atoms with van der Waals surface area (Å²) in [5.41, 5.74) is -1.09. The Hall–Kier alpha value is -2.46. The van der Waals surface area contributed by atoms with Gasteiger partial charge in [0.2, 0.25) is 5.91 Å². The lowest BCUT2D eigenvalue weighted by Gasteiger charge is -2.35. The van der Waals surface area contributed by atoms with Crippen LogP contribution >= 0.6 is 15.9 Å². The van der Waals surface area contributed by atoms with Gasteiger partial charge in [0, 0.05) is 23.0 Å². The van der Waals surface area contributed by atoms with Gasteiger partial charge in [0.05, 0.1) is 6.10 Å². The lowest BCUT2D eigenvalue weighted by Crippen LogP contribution is -2.57. The van der Waals surface area contributed by atoms with Gasteiger partial charge in [0.15, 0.2) is 12.4 Å². The van der Waals surface area contributed by atoms with Gasteiger partial charge in [-0.2, -0.15) is 0 Å². The molecule has 2 N–H and O–H groups in total. The number of nitrogens with zero attached hydrogens (tertiary/aromatic N) is 1. The summed E-state index contributed by atoms with van der Waals surface area (Å²) in [7, 11) is 0. The number of ether oxygens (including phenoxy) is 2. The first-order valence-corrected chi connectivity index (χ1v) is 11.8. The number of hydrogen-bond donors (Lipinski definition) is 2. The summed E-state index contributed by atoms with van der Waals surface area (Å²) in [6, 6.07) is 4.51. The second-order valence-corrected chi connectivity index (χ2v) is 11.3. The molecule has 34 heavy (non-hydrogen) atoms. The topological polar surface area (TPSA) is 122 Å². The number of likely N-dealkylation sites (tertiary alicyclic amines) is 1. The van der Waals surface area contributed by atoms with E-state index in [0.717, 1.165) is 4.47 Å². The van der Waals surface area contributed by atoms with E-state index in [4.69, 9.17) is 9.47 Å². The Balaban J connectivity index is 2.12. The van der Waals surface area contributed by atoms with Crippen LogP contribution in [0.25, 0.3) is 0 Å². The molecular weight excluding hydrogens is 508 g/mol. The molecule has 3 atom stereocenters. The van der Waals surface area contributed by atoms with Crippen molar-refractivity contribution in [3.05, 3.63) is 34.3 Å². The number of carbonyl (C=O) groups is 4. The number of amides is 2. The summed E-state index contributed by atoms with van der Waals surface area (Å²) in [6.45, 7) is 9.84. The maximum atomic E-state index is 13.4. The van der Waals surface area contributed by atoms with Crippen LogP contribution in [-0.4, -0.2) is 70.7 Å². The molecule has 0 aromatic heterocycles. The van der Waals surface area contributed by atoms with Gasteiger partial charge >= 0.3 is 12.1 Å². The van der Waals surface area contributed by atoms with Crippen LogP contribution in [0.4, 0.5) is 4.79 Å². The van der Waals surface area contributed by atoms with Crippen LogP contribution in [-0.2, 0) is 19.1 Å². The Bertz CT molecular complexity index is 919. The van der Waals surface area contributed by atoms with Gasteiger partial charge in [0.1, 0.15) is 17.7 Å². The van der Waals surface area contributed by atoms with Crippen molar-refractivity contribution in [2.45, 2.75) is 71.8 Å². The number of β-amino-alcohol motifs (C(OH)–C–C–N with tert-alkyl or cyclic N) is 1. The molecule has 0 bridgehead atoms. The number of nitrogens with one attached hydrogen (secondary N) is 1. The summed E-state index contributed by atoms with van der Waals surface area (Å²) < 4.78 is 11.3. The molecular formula is C24H33BrN2O7. The smallest absolute Gasteiger partial charge is 0.408 e. The molecule has 188 valence electrons. The van der Waals surface area contributed by atoms with Crippen LogP contribution in [0.2, 0.25) is 0 Å². The molecule has 1 aromatic carbocycles. The Morgan fingerprint density at radius 2 is 1.71 bits per heavy atom. The zero-order chi connectivity index (χ0) is 25.8. The number of halogens is 1. The molecule has 0 spiro atoms. The van der Waals surface area contributed by atoms with Crippen LogP contribution in [0.15, 0.2) is 28.7 Å². The van der Waals surface area contributed by atoms with Crippen molar-refractivity contribution in [2.75, 3.05) is 13.2 Å². The van der Waals surface area contributed by atoms with Crippen LogP contribution in [0.1, 0.15) is 58.3 Å². The minimum Gasteiger partial charge on any atom is -0.456 e. The van der Waals surface area contributed by atoms with E-state index in [0.29, 0.717) is 5.56 Å². The average Bonchev–Trinajstić information content (AvgIpc) is 3.09. The molecule has 9 nitrogen and oxygen atoms in total. The maximum Gasteiger partial charge on any atom is 0.408 e. The lowest BCUT2D eigenvalue weighted by molar-refractivity contribution is -0.153. The first-order chi connectivity index (χ1) is 15.6. The number of Topliss-reactive ketones (excluding diaryl/α,β-unsaturated/α-hetero) is 1. The predicted octanol–water partition coefficient (Wildman–Crippen LogP) is 3.08. The SMILES string of the molecule is CC(C)(C)OC(=O)N[C@H](C(=O)N1C[C@H](O)C[C@H]1C(=O)OCC(=O)c1ccc(Br)cc1)C(C)(C)C. The van der Waals surface area contributed by atoms with E-state index in [1.54, 1.807) is 65.8 Å². The van der Waals surface area contributed by atoms with Gasteiger partial charge in [-0.25, -0.2) is 9.59 Å². The third kappa shape index (κ3) is 7.80. The van der Waals surface area contributed by atoms with E-state index >= 15 is 0 Å². The molecule has 1 aliphatic rings. The predicted molar refractivity (Wildman–Crippen MR) is 128 cm³/mol. The number of rotatable bonds is 6. The number of benzene rings is 1.